The van der Waals surface area contributed by atoms with Crippen LogP contribution in [0.4, 0.5) is 11.5 Å². The fraction of sp³-hybridized carbons (Fsp3) is 0.375. The van der Waals surface area contributed by atoms with Crippen molar-refractivity contribution in [1.82, 2.24) is 9.97 Å². The Hall–Kier alpha value is -2.10. The van der Waals surface area contributed by atoms with Gasteiger partial charge in [-0.15, -0.1) is 0 Å². The van der Waals surface area contributed by atoms with Crippen LogP contribution in [-0.4, -0.2) is 23.1 Å². The van der Waals surface area contributed by atoms with Gasteiger partial charge in [0.15, 0.2) is 5.82 Å². The van der Waals surface area contributed by atoms with Gasteiger partial charge >= 0.3 is 0 Å². The Kier molecular flexibility index (Phi) is 3.81. The summed E-state index contributed by atoms with van der Waals surface area (Å²) in [5, 5.41) is 3.56. The van der Waals surface area contributed by atoms with E-state index in [0.29, 0.717) is 0 Å². The molecule has 1 N–H and O–H groups in total. The van der Waals surface area contributed by atoms with Crippen LogP contribution < -0.4 is 10.2 Å². The molecular weight excluding hydrogens is 248 g/mol. The van der Waals surface area contributed by atoms with E-state index in [1.807, 2.05) is 24.5 Å². The lowest BCUT2D eigenvalue weighted by Gasteiger charge is -2.23. The van der Waals surface area contributed by atoms with Gasteiger partial charge in [-0.2, -0.15) is 0 Å². The van der Waals surface area contributed by atoms with Crippen LogP contribution in [0.25, 0.3) is 0 Å². The monoisotopic (exact) mass is 268 g/mol. The molecule has 0 saturated carbocycles. The number of aromatic nitrogens is 2. The van der Waals surface area contributed by atoms with Crippen molar-refractivity contribution < 1.29 is 0 Å². The molecule has 1 unspecified atom stereocenters. The molecule has 0 amide bonds. The van der Waals surface area contributed by atoms with Gasteiger partial charge < -0.3 is 10.2 Å². The smallest absolute Gasteiger partial charge is 0.151 e. The van der Waals surface area contributed by atoms with Gasteiger partial charge in [0.2, 0.25) is 0 Å². The molecule has 0 spiro atoms. The van der Waals surface area contributed by atoms with E-state index in [1.54, 1.807) is 6.20 Å². The van der Waals surface area contributed by atoms with Crippen LogP contribution in [0.3, 0.4) is 0 Å². The summed E-state index contributed by atoms with van der Waals surface area (Å²) in [5.74, 6) is 1.07. The number of pyridine rings is 2. The Morgan fingerprint density at radius 2 is 1.95 bits per heavy atom. The molecule has 0 aliphatic carbocycles. The second-order valence-electron chi connectivity index (χ2n) is 5.22. The minimum absolute atomic E-state index is 0.217. The van der Waals surface area contributed by atoms with E-state index in [9.17, 15) is 0 Å². The van der Waals surface area contributed by atoms with Crippen LogP contribution in [0.5, 0.6) is 0 Å². The number of hydrogen-bond donors (Lipinski definition) is 1. The highest BCUT2D eigenvalue weighted by Gasteiger charge is 2.17. The van der Waals surface area contributed by atoms with Crippen molar-refractivity contribution in [3.8, 4) is 0 Å². The quantitative estimate of drug-likeness (QED) is 0.924. The number of nitrogens with zero attached hydrogens (tertiary/aromatic N) is 3. The van der Waals surface area contributed by atoms with E-state index < -0.39 is 0 Å². The summed E-state index contributed by atoms with van der Waals surface area (Å²) in [6.07, 6.45) is 8.09. The van der Waals surface area contributed by atoms with Gasteiger partial charge in [-0.3, -0.25) is 4.98 Å². The zero-order chi connectivity index (χ0) is 13.8. The molecule has 0 aromatic carbocycles. The molecule has 4 heteroatoms. The Labute approximate surface area is 119 Å². The average molecular weight is 268 g/mol. The largest absolute Gasteiger partial charge is 0.375 e. The highest BCUT2D eigenvalue weighted by Crippen LogP contribution is 2.29. The van der Waals surface area contributed by atoms with Crippen molar-refractivity contribution in [3.63, 3.8) is 0 Å². The Morgan fingerprint density at radius 3 is 2.70 bits per heavy atom. The summed E-state index contributed by atoms with van der Waals surface area (Å²) in [6.45, 7) is 4.36. The van der Waals surface area contributed by atoms with E-state index in [2.05, 4.69) is 39.2 Å². The topological polar surface area (TPSA) is 41.1 Å². The van der Waals surface area contributed by atoms with Gasteiger partial charge in [0.05, 0.1) is 11.7 Å². The second-order valence-corrected chi connectivity index (χ2v) is 5.22. The van der Waals surface area contributed by atoms with E-state index >= 15 is 0 Å². The van der Waals surface area contributed by atoms with Gasteiger partial charge in [-0.25, -0.2) is 4.98 Å². The fourth-order valence-electron chi connectivity index (χ4n) is 2.64. The summed E-state index contributed by atoms with van der Waals surface area (Å²) >= 11 is 0. The first-order valence-corrected chi connectivity index (χ1v) is 7.21. The van der Waals surface area contributed by atoms with Crippen molar-refractivity contribution in [2.24, 2.45) is 0 Å². The van der Waals surface area contributed by atoms with Gasteiger partial charge in [0.1, 0.15) is 0 Å². The van der Waals surface area contributed by atoms with E-state index in [1.165, 1.54) is 18.4 Å². The molecule has 1 aliphatic heterocycles. The van der Waals surface area contributed by atoms with Crippen molar-refractivity contribution in [1.29, 1.82) is 0 Å². The first-order chi connectivity index (χ1) is 9.84. The van der Waals surface area contributed by atoms with Crippen molar-refractivity contribution >= 4 is 11.5 Å². The maximum absolute atomic E-state index is 4.56. The molecule has 1 atom stereocenters. The maximum Gasteiger partial charge on any atom is 0.151 e. The van der Waals surface area contributed by atoms with Crippen LogP contribution in [-0.2, 0) is 0 Å². The lowest BCUT2D eigenvalue weighted by Crippen LogP contribution is -2.21. The predicted octanol–water partition coefficient (Wildman–Crippen LogP) is 3.25. The summed E-state index contributed by atoms with van der Waals surface area (Å²) in [4.78, 5) is 11.1. The summed E-state index contributed by atoms with van der Waals surface area (Å²) in [6, 6.07) is 8.37. The minimum Gasteiger partial charge on any atom is -0.375 e. The molecule has 2 aromatic rings. The zero-order valence-electron chi connectivity index (χ0n) is 11.8. The van der Waals surface area contributed by atoms with Crippen LogP contribution in [0.1, 0.15) is 31.4 Å². The molecule has 104 valence electrons. The van der Waals surface area contributed by atoms with Crippen LogP contribution in [0, 0.1) is 0 Å². The van der Waals surface area contributed by atoms with Gasteiger partial charge in [0.25, 0.3) is 0 Å². The fourth-order valence-corrected chi connectivity index (χ4v) is 2.64. The lowest BCUT2D eigenvalue weighted by atomic mass is 10.1. The van der Waals surface area contributed by atoms with Gasteiger partial charge in [-0.05, 0) is 43.5 Å². The summed E-state index contributed by atoms with van der Waals surface area (Å²) < 4.78 is 0. The van der Waals surface area contributed by atoms with Gasteiger partial charge in [0, 0.05) is 31.7 Å². The van der Waals surface area contributed by atoms with E-state index in [-0.39, 0.29) is 6.04 Å². The minimum atomic E-state index is 0.217. The molecule has 1 saturated heterocycles. The Morgan fingerprint density at radius 1 is 1.15 bits per heavy atom. The molecule has 0 radical (unpaired) electrons. The van der Waals surface area contributed by atoms with Crippen LogP contribution in [0.15, 0.2) is 42.9 Å². The van der Waals surface area contributed by atoms with E-state index in [4.69, 9.17) is 0 Å². The zero-order valence-corrected chi connectivity index (χ0v) is 11.8. The third-order valence-electron chi connectivity index (χ3n) is 3.75. The molecule has 20 heavy (non-hydrogen) atoms. The lowest BCUT2D eigenvalue weighted by molar-refractivity contribution is 0.864. The number of rotatable bonds is 4. The SMILES string of the molecule is CC(Nc1cccnc1N1CCCC1)c1cccnc1. The standard InChI is InChI=1S/C16H20N4/c1-13(14-6-4-8-17-12-14)19-15-7-5-9-18-16(15)20-10-2-3-11-20/h4-9,12-13,19H,2-3,10-11H2,1H3. The highest BCUT2D eigenvalue weighted by molar-refractivity contribution is 5.66. The molecule has 1 fully saturated rings. The van der Waals surface area contributed by atoms with Crippen LogP contribution >= 0.6 is 0 Å². The van der Waals surface area contributed by atoms with Crippen molar-refractivity contribution in [2.75, 3.05) is 23.3 Å². The molecular formula is C16H20N4. The number of hydrogen-bond acceptors (Lipinski definition) is 4. The number of anilines is 2. The summed E-state index contributed by atoms with van der Waals surface area (Å²) in [7, 11) is 0. The van der Waals surface area contributed by atoms with E-state index in [0.717, 1.165) is 24.6 Å². The first kappa shape index (κ1) is 12.9. The molecule has 2 aromatic heterocycles. The average Bonchev–Trinajstić information content (AvgIpc) is 3.03. The first-order valence-electron chi connectivity index (χ1n) is 7.21. The molecule has 1 aliphatic rings. The normalized spacial score (nSPS) is 16.1. The van der Waals surface area contributed by atoms with Crippen molar-refractivity contribution in [2.45, 2.75) is 25.8 Å². The predicted molar refractivity (Wildman–Crippen MR) is 82.0 cm³/mol. The molecule has 3 rings (SSSR count). The Balaban J connectivity index is 1.80. The molecule has 0 bridgehead atoms. The molecule has 3 heterocycles. The second kappa shape index (κ2) is 5.90. The third kappa shape index (κ3) is 2.74. The van der Waals surface area contributed by atoms with Gasteiger partial charge in [-0.1, -0.05) is 6.07 Å². The third-order valence-corrected chi connectivity index (χ3v) is 3.75. The maximum atomic E-state index is 4.56. The van der Waals surface area contributed by atoms with Crippen molar-refractivity contribution in [3.05, 3.63) is 48.4 Å². The number of nitrogens with one attached hydrogen (secondary N) is 1. The van der Waals surface area contributed by atoms with Crippen LogP contribution in [0.2, 0.25) is 0 Å². The Bertz CT molecular complexity index is 549. The summed E-state index contributed by atoms with van der Waals surface area (Å²) in [5.41, 5.74) is 2.29. The molecule has 4 nitrogen and oxygen atoms in total. The highest BCUT2D eigenvalue weighted by atomic mass is 15.2.